The summed E-state index contributed by atoms with van der Waals surface area (Å²) in [5.41, 5.74) is 1.06. The first-order chi connectivity index (χ1) is 34.6. The zero-order valence-corrected chi connectivity index (χ0v) is 45.2. The second-order valence-corrected chi connectivity index (χ2v) is 16.7. The number of carbonyl (C=O) groups is 6. The topological polar surface area (TPSA) is 324 Å². The number of hydrogen-bond acceptors (Lipinski definition) is 16. The predicted molar refractivity (Wildman–Crippen MR) is 277 cm³/mol. The van der Waals surface area contributed by atoms with E-state index in [1.165, 1.54) is 75.0 Å². The molecular weight excluding hydrogens is 953 g/mol. The molecule has 73 heavy (non-hydrogen) atoms. The lowest BCUT2D eigenvalue weighted by molar-refractivity contribution is -0.117. The van der Waals surface area contributed by atoms with Gasteiger partial charge in [0.15, 0.2) is 0 Å². The van der Waals surface area contributed by atoms with Gasteiger partial charge in [0.1, 0.15) is 0 Å². The largest absolute Gasteiger partial charge is 0.395 e. The molecule has 0 fully saturated rings. The molecule has 2 atom stereocenters. The summed E-state index contributed by atoms with van der Waals surface area (Å²) >= 11 is 0. The van der Waals surface area contributed by atoms with Gasteiger partial charge in [0, 0.05) is 94.9 Å². The first-order valence-electron chi connectivity index (χ1n) is 24.9. The van der Waals surface area contributed by atoms with Crippen LogP contribution in [0.15, 0.2) is 0 Å². The Kier molecular flexibility index (Phi) is 31.9. The predicted octanol–water partition coefficient (Wildman–Crippen LogP) is -0.185. The number of nitrogens with zero attached hydrogens (tertiary/aromatic N) is 6. The summed E-state index contributed by atoms with van der Waals surface area (Å²) in [4.78, 5) is 91.1. The quantitative estimate of drug-likeness (QED) is 0.0528. The molecule has 0 bridgehead atoms. The van der Waals surface area contributed by atoms with Crippen molar-refractivity contribution in [2.45, 2.75) is 102 Å². The average molecular weight is 1040 g/mol. The lowest BCUT2D eigenvalue weighted by Crippen LogP contribution is -2.43. The third-order valence-corrected chi connectivity index (χ3v) is 12.0. The second kappa shape index (κ2) is 34.4. The van der Waals surface area contributed by atoms with Crippen LogP contribution in [-0.4, -0.2) is 237 Å². The lowest BCUT2D eigenvalue weighted by Gasteiger charge is -2.34. The molecule has 22 heteroatoms. The molecule has 10 N–H and O–H groups in total. The molecular formula is C51H86N6O16. The van der Waals surface area contributed by atoms with Crippen LogP contribution in [0.2, 0.25) is 0 Å². The molecule has 2 aromatic carbocycles. The summed E-state index contributed by atoms with van der Waals surface area (Å²) in [6.45, 7) is 13.2. The Balaban J connectivity index is 0.0000126. The molecule has 0 saturated heterocycles. The fourth-order valence-electron chi connectivity index (χ4n) is 9.00. The van der Waals surface area contributed by atoms with Crippen molar-refractivity contribution in [3.05, 3.63) is 55.6 Å². The van der Waals surface area contributed by atoms with Gasteiger partial charge < -0.3 is 80.5 Å². The van der Waals surface area contributed by atoms with E-state index < -0.39 is 120 Å². The normalized spacial score (nSPS) is 11.6. The lowest BCUT2D eigenvalue weighted by atomic mass is 9.88. The van der Waals surface area contributed by atoms with Crippen molar-refractivity contribution in [2.75, 3.05) is 128 Å². The number of aliphatic hydroxyl groups excluding tert-OH is 10. The molecule has 0 spiro atoms. The maximum absolute atomic E-state index is 14.2. The molecule has 2 aromatic rings. The van der Waals surface area contributed by atoms with Crippen molar-refractivity contribution in [3.63, 3.8) is 0 Å². The van der Waals surface area contributed by atoms with Crippen LogP contribution in [0.25, 0.3) is 0 Å². The second-order valence-electron chi connectivity index (χ2n) is 16.7. The highest BCUT2D eigenvalue weighted by Gasteiger charge is 2.35. The highest BCUT2D eigenvalue weighted by Crippen LogP contribution is 2.38. The van der Waals surface area contributed by atoms with Gasteiger partial charge in [0.2, 0.25) is 11.8 Å². The summed E-state index contributed by atoms with van der Waals surface area (Å²) in [6, 6.07) is 0. The summed E-state index contributed by atoms with van der Waals surface area (Å²) in [7, 11) is 0. The van der Waals surface area contributed by atoms with E-state index in [4.69, 9.17) is 0 Å². The molecule has 0 radical (unpaired) electrons. The molecule has 2 rings (SSSR count). The Bertz CT molecular complexity index is 1840. The summed E-state index contributed by atoms with van der Waals surface area (Å²) in [5, 5.41) is 101. The SMILES string of the molecule is CC.CC.CC(=O)N(CC(O)CC(O)CN(C(C)=O)c1c(C)c(C(=O)N(CCO)CCO)c(C)c(C(=O)N(CCO)CCO)c1C)c1c(C)c(C(=O)N(CCO)CCO)c(C)c(C(=O)N(CCO)CCO)c1C. The van der Waals surface area contributed by atoms with Crippen LogP contribution in [0.3, 0.4) is 0 Å². The number of benzene rings is 2. The Morgan fingerprint density at radius 3 is 0.685 bits per heavy atom. The Labute approximate surface area is 430 Å². The van der Waals surface area contributed by atoms with Crippen molar-refractivity contribution in [2.24, 2.45) is 0 Å². The molecule has 0 aromatic heterocycles. The van der Waals surface area contributed by atoms with Gasteiger partial charge in [-0.05, 0) is 74.9 Å². The maximum Gasteiger partial charge on any atom is 0.254 e. The monoisotopic (exact) mass is 1040 g/mol. The molecule has 0 aliphatic rings. The van der Waals surface area contributed by atoms with Crippen molar-refractivity contribution < 1.29 is 79.8 Å². The fraction of sp³-hybridized carbons (Fsp3) is 0.647. The Hall–Kier alpha value is -5.14. The van der Waals surface area contributed by atoms with E-state index >= 15 is 0 Å². The third kappa shape index (κ3) is 17.5. The molecule has 0 heterocycles. The first kappa shape index (κ1) is 67.9. The van der Waals surface area contributed by atoms with Gasteiger partial charge in [-0.1, -0.05) is 27.7 Å². The van der Waals surface area contributed by atoms with Crippen molar-refractivity contribution in [1.82, 2.24) is 19.6 Å². The molecule has 6 amide bonds. The van der Waals surface area contributed by atoms with E-state index in [0.29, 0.717) is 0 Å². The van der Waals surface area contributed by atoms with Crippen LogP contribution in [0.5, 0.6) is 0 Å². The number of hydrogen-bond donors (Lipinski definition) is 10. The van der Waals surface area contributed by atoms with E-state index in [-0.39, 0.29) is 119 Å². The van der Waals surface area contributed by atoms with Crippen LogP contribution in [0, 0.1) is 41.5 Å². The van der Waals surface area contributed by atoms with Gasteiger partial charge in [-0.15, -0.1) is 0 Å². The van der Waals surface area contributed by atoms with Crippen molar-refractivity contribution >= 4 is 46.8 Å². The minimum absolute atomic E-state index is 0.0436. The van der Waals surface area contributed by atoms with E-state index in [1.807, 2.05) is 27.7 Å². The van der Waals surface area contributed by atoms with Gasteiger partial charge in [-0.25, -0.2) is 0 Å². The maximum atomic E-state index is 14.2. The molecule has 2 unspecified atom stereocenters. The van der Waals surface area contributed by atoms with E-state index in [1.54, 1.807) is 0 Å². The van der Waals surface area contributed by atoms with Crippen LogP contribution in [0.4, 0.5) is 11.4 Å². The van der Waals surface area contributed by atoms with E-state index in [9.17, 15) is 79.8 Å². The molecule has 0 aliphatic carbocycles. The number of rotatable bonds is 28. The van der Waals surface area contributed by atoms with Crippen molar-refractivity contribution in [3.8, 4) is 0 Å². The minimum atomic E-state index is -1.55. The van der Waals surface area contributed by atoms with Crippen molar-refractivity contribution in [1.29, 1.82) is 0 Å². The van der Waals surface area contributed by atoms with Crippen LogP contribution >= 0.6 is 0 Å². The number of anilines is 2. The van der Waals surface area contributed by atoms with Crippen LogP contribution in [0.1, 0.15) is 123 Å². The average Bonchev–Trinajstić information content (AvgIpc) is 3.33. The van der Waals surface area contributed by atoms with Crippen LogP contribution < -0.4 is 9.80 Å². The van der Waals surface area contributed by atoms with Gasteiger partial charge in [-0.2, -0.15) is 0 Å². The van der Waals surface area contributed by atoms with E-state index in [0.717, 1.165) is 9.80 Å². The smallest absolute Gasteiger partial charge is 0.254 e. The minimum Gasteiger partial charge on any atom is -0.395 e. The van der Waals surface area contributed by atoms with E-state index in [2.05, 4.69) is 0 Å². The summed E-state index contributed by atoms with van der Waals surface area (Å²) in [5.74, 6) is -4.07. The molecule has 22 nitrogen and oxygen atoms in total. The zero-order valence-electron chi connectivity index (χ0n) is 45.2. The highest BCUT2D eigenvalue weighted by molar-refractivity contribution is 6.09. The standard InChI is InChI=1S/C47H74N6O16.2C2H6/c1-28-38(44(66)48(9-17-54)10-18-55)30(3)42(31(4)39(28)45(67)49(11-19-56)12-20-57)52(34(7)62)26-36(64)25-37(65)27-53(35(8)63)43-32(5)40(46(68)50(13-21-58)14-22-59)29(2)41(33(43)6)47(69)51(15-23-60)16-24-61;2*1-2/h36-37,54-61,64-65H,9-27H2,1-8H3;2*1-2H3. The van der Waals surface area contributed by atoms with Gasteiger partial charge in [0.25, 0.3) is 23.6 Å². The molecule has 416 valence electrons. The first-order valence-corrected chi connectivity index (χ1v) is 24.9. The fourth-order valence-corrected chi connectivity index (χ4v) is 9.00. The van der Waals surface area contributed by atoms with Crippen LogP contribution in [-0.2, 0) is 9.59 Å². The summed E-state index contributed by atoms with van der Waals surface area (Å²) in [6.07, 6.45) is -3.59. The zero-order chi connectivity index (χ0) is 56.4. The van der Waals surface area contributed by atoms with Gasteiger partial charge >= 0.3 is 0 Å². The van der Waals surface area contributed by atoms with Gasteiger partial charge in [-0.3, -0.25) is 28.8 Å². The third-order valence-electron chi connectivity index (χ3n) is 12.0. The van der Waals surface area contributed by atoms with Gasteiger partial charge in [0.05, 0.1) is 89.5 Å². The Morgan fingerprint density at radius 2 is 0.534 bits per heavy atom. The summed E-state index contributed by atoms with van der Waals surface area (Å²) < 4.78 is 0. The molecule has 0 saturated carbocycles. The number of aliphatic hydroxyl groups is 10. The number of amides is 6. The number of carbonyl (C=O) groups excluding carboxylic acids is 6. The highest BCUT2D eigenvalue weighted by atomic mass is 16.3. The molecule has 0 aliphatic heterocycles. The Morgan fingerprint density at radius 1 is 0.356 bits per heavy atom.